The van der Waals surface area contributed by atoms with Crippen LogP contribution in [-0.2, 0) is 10.3 Å². The van der Waals surface area contributed by atoms with Gasteiger partial charge in [-0.25, -0.2) is 4.79 Å². The summed E-state index contributed by atoms with van der Waals surface area (Å²) in [7, 11) is 0. The molecule has 0 bridgehead atoms. The van der Waals surface area contributed by atoms with Crippen LogP contribution in [0.2, 0.25) is 0 Å². The van der Waals surface area contributed by atoms with Crippen molar-refractivity contribution in [2.45, 2.75) is 12.5 Å². The fourth-order valence-electron chi connectivity index (χ4n) is 2.37. The van der Waals surface area contributed by atoms with Crippen molar-refractivity contribution < 1.29 is 9.59 Å². The molecule has 2 aromatic carbocycles. The van der Waals surface area contributed by atoms with Crippen LogP contribution in [0, 0.1) is 0 Å². The number of hydrogen-bond acceptors (Lipinski definition) is 3. The molecule has 1 fully saturated rings. The summed E-state index contributed by atoms with van der Waals surface area (Å²) in [6.07, 6.45) is 1.49. The van der Waals surface area contributed by atoms with E-state index in [1.54, 1.807) is 19.1 Å². The number of benzene rings is 2. The number of hydrazone groups is 1. The number of carbonyl (C=O) groups excluding carboxylic acids is 2. The molecule has 1 saturated heterocycles. The number of rotatable bonds is 3. The first-order valence-electron chi connectivity index (χ1n) is 7.02. The van der Waals surface area contributed by atoms with E-state index >= 15 is 0 Å². The molecule has 0 unspecified atom stereocenters. The summed E-state index contributed by atoms with van der Waals surface area (Å²) in [5.41, 5.74) is 0.414. The predicted molar refractivity (Wildman–Crippen MR) is 90.9 cm³/mol. The molecule has 0 aliphatic carbocycles. The molecule has 6 heteroatoms. The zero-order chi connectivity index (χ0) is 16.4. The maximum Gasteiger partial charge on any atom is 0.346 e. The molecule has 0 radical (unpaired) electrons. The van der Waals surface area contributed by atoms with Gasteiger partial charge in [0, 0.05) is 4.47 Å². The number of amides is 3. The number of nitrogens with zero attached hydrogens (tertiary/aromatic N) is 2. The van der Waals surface area contributed by atoms with Crippen molar-refractivity contribution in [1.82, 2.24) is 10.3 Å². The standard InChI is InChI=1S/C17H14BrN3O2/c1-17(13-5-3-2-4-6-13)15(22)21(16(23)20-17)19-11-12-7-9-14(18)10-8-12/h2-11H,1H3,(H,20,23)/b19-11-/t17-/m1/s1. The third kappa shape index (κ3) is 2.90. The third-order valence-electron chi connectivity index (χ3n) is 3.71. The van der Waals surface area contributed by atoms with Crippen molar-refractivity contribution in [3.05, 3.63) is 70.2 Å². The molecular weight excluding hydrogens is 358 g/mol. The molecule has 1 atom stereocenters. The SMILES string of the molecule is C[C@]1(c2ccccc2)NC(=O)N(/N=C\c2ccc(Br)cc2)C1=O. The molecule has 116 valence electrons. The lowest BCUT2D eigenvalue weighted by molar-refractivity contribution is -0.131. The zero-order valence-corrected chi connectivity index (χ0v) is 13.9. The van der Waals surface area contributed by atoms with Gasteiger partial charge in [0.25, 0.3) is 5.91 Å². The molecule has 2 aromatic rings. The number of hydrogen-bond donors (Lipinski definition) is 1. The van der Waals surface area contributed by atoms with Crippen LogP contribution in [0.1, 0.15) is 18.1 Å². The van der Waals surface area contributed by atoms with Crippen LogP contribution < -0.4 is 5.32 Å². The van der Waals surface area contributed by atoms with E-state index in [-0.39, 0.29) is 0 Å². The number of carbonyl (C=O) groups is 2. The average molecular weight is 372 g/mol. The molecule has 23 heavy (non-hydrogen) atoms. The van der Waals surface area contributed by atoms with Crippen molar-refractivity contribution in [3.63, 3.8) is 0 Å². The van der Waals surface area contributed by atoms with Crippen molar-refractivity contribution in [2.75, 3.05) is 0 Å². The Morgan fingerprint density at radius 2 is 1.74 bits per heavy atom. The minimum Gasteiger partial charge on any atom is -0.318 e. The van der Waals surface area contributed by atoms with Gasteiger partial charge in [-0.15, -0.1) is 5.01 Å². The lowest BCUT2D eigenvalue weighted by Crippen LogP contribution is -2.40. The number of nitrogens with one attached hydrogen (secondary N) is 1. The lowest BCUT2D eigenvalue weighted by Gasteiger charge is -2.20. The van der Waals surface area contributed by atoms with Gasteiger partial charge in [0.2, 0.25) is 0 Å². The Kier molecular flexibility index (Phi) is 4.00. The minimum atomic E-state index is -1.10. The van der Waals surface area contributed by atoms with E-state index in [1.165, 1.54) is 6.21 Å². The quantitative estimate of drug-likeness (QED) is 0.664. The minimum absolute atomic E-state index is 0.401. The first-order valence-corrected chi connectivity index (χ1v) is 7.82. The van der Waals surface area contributed by atoms with E-state index in [0.717, 1.165) is 20.6 Å². The van der Waals surface area contributed by atoms with Gasteiger partial charge in [0.05, 0.1) is 6.21 Å². The molecule has 0 saturated carbocycles. The fourth-order valence-corrected chi connectivity index (χ4v) is 2.63. The monoisotopic (exact) mass is 371 g/mol. The van der Waals surface area contributed by atoms with E-state index < -0.39 is 17.5 Å². The summed E-state index contributed by atoms with van der Waals surface area (Å²) < 4.78 is 0.946. The Bertz CT molecular complexity index is 774. The molecule has 3 rings (SSSR count). The van der Waals surface area contributed by atoms with Gasteiger partial charge in [0.15, 0.2) is 0 Å². The first-order chi connectivity index (χ1) is 11.0. The van der Waals surface area contributed by atoms with Gasteiger partial charge in [0.1, 0.15) is 5.54 Å². The Labute approximate surface area is 142 Å². The van der Waals surface area contributed by atoms with Crippen molar-refractivity contribution in [3.8, 4) is 0 Å². The topological polar surface area (TPSA) is 61.8 Å². The second kappa shape index (κ2) is 5.96. The van der Waals surface area contributed by atoms with Crippen molar-refractivity contribution in [2.24, 2.45) is 5.10 Å². The van der Waals surface area contributed by atoms with Gasteiger partial charge < -0.3 is 5.32 Å². The van der Waals surface area contributed by atoms with Crippen molar-refractivity contribution >= 4 is 34.1 Å². The molecule has 0 spiro atoms. The Morgan fingerprint density at radius 1 is 1.09 bits per heavy atom. The van der Waals surface area contributed by atoms with Crippen LogP contribution >= 0.6 is 15.9 Å². The molecule has 5 nitrogen and oxygen atoms in total. The van der Waals surface area contributed by atoms with Crippen LogP contribution in [0.5, 0.6) is 0 Å². The average Bonchev–Trinajstić information content (AvgIpc) is 2.78. The molecule has 1 heterocycles. The first kappa shape index (κ1) is 15.4. The van der Waals surface area contributed by atoms with Gasteiger partial charge in [-0.05, 0) is 30.2 Å². The molecule has 3 amide bonds. The second-order valence-electron chi connectivity index (χ2n) is 5.33. The summed E-state index contributed by atoms with van der Waals surface area (Å²) in [5, 5.41) is 7.62. The number of halogens is 1. The third-order valence-corrected chi connectivity index (χ3v) is 4.24. The van der Waals surface area contributed by atoms with E-state index in [4.69, 9.17) is 0 Å². The van der Waals surface area contributed by atoms with Crippen LogP contribution in [0.25, 0.3) is 0 Å². The number of urea groups is 1. The summed E-state index contributed by atoms with van der Waals surface area (Å²) in [6.45, 7) is 1.68. The van der Waals surface area contributed by atoms with Crippen LogP contribution in [0.15, 0.2) is 64.2 Å². The van der Waals surface area contributed by atoms with Crippen LogP contribution in [0.3, 0.4) is 0 Å². The second-order valence-corrected chi connectivity index (χ2v) is 6.25. The zero-order valence-electron chi connectivity index (χ0n) is 12.4. The van der Waals surface area contributed by atoms with E-state index in [2.05, 4.69) is 26.3 Å². The highest BCUT2D eigenvalue weighted by atomic mass is 79.9. The molecule has 1 N–H and O–H groups in total. The highest BCUT2D eigenvalue weighted by Crippen LogP contribution is 2.28. The van der Waals surface area contributed by atoms with Gasteiger partial charge in [-0.1, -0.05) is 58.4 Å². The molecule has 0 aromatic heterocycles. The summed E-state index contributed by atoms with van der Waals surface area (Å²) in [4.78, 5) is 24.8. The van der Waals surface area contributed by atoms with E-state index in [0.29, 0.717) is 0 Å². The lowest BCUT2D eigenvalue weighted by atomic mass is 9.92. The van der Waals surface area contributed by atoms with Crippen LogP contribution in [-0.4, -0.2) is 23.2 Å². The fraction of sp³-hybridized carbons (Fsp3) is 0.118. The predicted octanol–water partition coefficient (Wildman–Crippen LogP) is 3.25. The van der Waals surface area contributed by atoms with E-state index in [1.807, 2.05) is 42.5 Å². The highest BCUT2D eigenvalue weighted by molar-refractivity contribution is 9.10. The normalized spacial score (nSPS) is 21.0. The van der Waals surface area contributed by atoms with Gasteiger partial charge >= 0.3 is 6.03 Å². The molecule has 1 aliphatic rings. The van der Waals surface area contributed by atoms with Gasteiger partial charge in [-0.2, -0.15) is 5.10 Å². The largest absolute Gasteiger partial charge is 0.346 e. The summed E-state index contributed by atoms with van der Waals surface area (Å²) in [6, 6.07) is 16.0. The smallest absolute Gasteiger partial charge is 0.318 e. The Morgan fingerprint density at radius 3 is 2.39 bits per heavy atom. The van der Waals surface area contributed by atoms with Crippen LogP contribution in [0.4, 0.5) is 4.79 Å². The Balaban J connectivity index is 1.86. The Hall–Kier alpha value is -2.47. The molecule has 1 aliphatic heterocycles. The molecular formula is C17H14BrN3O2. The number of imide groups is 1. The summed E-state index contributed by atoms with van der Waals surface area (Å²) >= 11 is 3.35. The van der Waals surface area contributed by atoms with E-state index in [9.17, 15) is 9.59 Å². The maximum atomic E-state index is 12.6. The van der Waals surface area contributed by atoms with Crippen molar-refractivity contribution in [1.29, 1.82) is 0 Å². The van der Waals surface area contributed by atoms with Gasteiger partial charge in [-0.3, -0.25) is 4.79 Å². The maximum absolute atomic E-state index is 12.6. The summed E-state index contributed by atoms with van der Waals surface area (Å²) in [5.74, 6) is -0.401. The highest BCUT2D eigenvalue weighted by Gasteiger charge is 2.49.